The molecule has 1 aromatic heterocycles. The fourth-order valence-electron chi connectivity index (χ4n) is 4.04. The molecule has 1 amide bonds. The fraction of sp³-hybridized carbons (Fsp3) is 0.320. The lowest BCUT2D eigenvalue weighted by atomic mass is 10.1. The highest BCUT2D eigenvalue weighted by atomic mass is 16.6. The molecule has 3 aromatic rings. The average molecular weight is 494 g/mol. The number of methoxy groups -OCH3 is 2. The van der Waals surface area contributed by atoms with Gasteiger partial charge < -0.3 is 24.0 Å². The van der Waals surface area contributed by atoms with Crippen LogP contribution in [0, 0.1) is 10.1 Å². The van der Waals surface area contributed by atoms with E-state index in [0.29, 0.717) is 38.6 Å². The summed E-state index contributed by atoms with van der Waals surface area (Å²) in [4.78, 5) is 27.8. The van der Waals surface area contributed by atoms with E-state index in [4.69, 9.17) is 14.2 Å². The highest BCUT2D eigenvalue weighted by Gasteiger charge is 2.30. The minimum atomic E-state index is -0.590. The second-order valence-corrected chi connectivity index (χ2v) is 7.99. The molecule has 1 aliphatic rings. The number of carbonyl (C=O) groups is 1. The third-order valence-electron chi connectivity index (χ3n) is 5.93. The quantitative estimate of drug-likeness (QED) is 0.343. The first-order chi connectivity index (χ1) is 17.4. The van der Waals surface area contributed by atoms with Gasteiger partial charge in [0.2, 0.25) is 0 Å². The maximum atomic E-state index is 13.2. The van der Waals surface area contributed by atoms with Gasteiger partial charge in [-0.3, -0.25) is 14.9 Å². The minimum absolute atomic E-state index is 0.0365. The molecule has 188 valence electrons. The fourth-order valence-corrected chi connectivity index (χ4v) is 4.04. The zero-order valence-corrected chi connectivity index (χ0v) is 20.3. The van der Waals surface area contributed by atoms with Crippen LogP contribution in [-0.2, 0) is 0 Å². The number of hydrogen-bond acceptors (Lipinski definition) is 9. The Morgan fingerprint density at radius 2 is 1.64 bits per heavy atom. The van der Waals surface area contributed by atoms with Crippen LogP contribution in [0.3, 0.4) is 0 Å². The van der Waals surface area contributed by atoms with Gasteiger partial charge in [0.15, 0.2) is 17.3 Å². The summed E-state index contributed by atoms with van der Waals surface area (Å²) in [5, 5.41) is 20.3. The van der Waals surface area contributed by atoms with Gasteiger partial charge in [0.05, 0.1) is 37.5 Å². The molecule has 11 heteroatoms. The largest absolute Gasteiger partial charge is 0.494 e. The molecule has 0 aliphatic carbocycles. The predicted octanol–water partition coefficient (Wildman–Crippen LogP) is 3.43. The van der Waals surface area contributed by atoms with E-state index in [0.717, 1.165) is 17.0 Å². The number of nitrogens with zero attached hydrogens (tertiary/aromatic N) is 5. The number of aromatic nitrogens is 2. The molecule has 0 bridgehead atoms. The lowest BCUT2D eigenvalue weighted by Gasteiger charge is -2.35. The molecule has 4 rings (SSSR count). The van der Waals surface area contributed by atoms with Gasteiger partial charge in [-0.2, -0.15) is 0 Å². The molecular weight excluding hydrogens is 466 g/mol. The van der Waals surface area contributed by atoms with Crippen molar-refractivity contribution in [3.8, 4) is 28.5 Å². The smallest absolute Gasteiger partial charge is 0.286 e. The summed E-state index contributed by atoms with van der Waals surface area (Å²) in [6, 6.07) is 14.0. The third-order valence-corrected chi connectivity index (χ3v) is 5.93. The Morgan fingerprint density at radius 3 is 2.19 bits per heavy atom. The molecule has 2 heterocycles. The predicted molar refractivity (Wildman–Crippen MR) is 133 cm³/mol. The van der Waals surface area contributed by atoms with Crippen LogP contribution in [-0.4, -0.2) is 72.9 Å². The Bertz CT molecular complexity index is 1220. The standard InChI is InChI=1S/C25H27N5O6/c1-4-36-18-7-5-17(6-8-18)20-9-10-24(27-26-20)28-11-13-29(14-12-28)25(31)19-15-22(34-2)23(35-3)16-21(19)30(32)33/h5-10,15-16H,4,11-14H2,1-3H3. The Hall–Kier alpha value is -4.41. The van der Waals surface area contributed by atoms with Gasteiger partial charge in [-0.25, -0.2) is 0 Å². The summed E-state index contributed by atoms with van der Waals surface area (Å²) in [7, 11) is 2.80. The van der Waals surface area contributed by atoms with Crippen LogP contribution in [0.5, 0.6) is 17.2 Å². The number of piperazine rings is 1. The SMILES string of the molecule is CCOc1ccc(-c2ccc(N3CCN(C(=O)c4cc(OC)c(OC)cc4[N+](=O)[O-])CC3)nn2)cc1. The number of anilines is 1. The Balaban J connectivity index is 1.43. The van der Waals surface area contributed by atoms with Crippen molar-refractivity contribution < 1.29 is 23.9 Å². The maximum Gasteiger partial charge on any atom is 0.286 e. The normalized spacial score (nSPS) is 13.3. The van der Waals surface area contributed by atoms with Gasteiger partial charge in [0, 0.05) is 37.8 Å². The maximum absolute atomic E-state index is 13.2. The van der Waals surface area contributed by atoms with Crippen molar-refractivity contribution >= 4 is 17.4 Å². The molecule has 1 aliphatic heterocycles. The molecule has 0 spiro atoms. The van der Waals surface area contributed by atoms with Crippen molar-refractivity contribution in [2.45, 2.75) is 6.92 Å². The van der Waals surface area contributed by atoms with Gasteiger partial charge in [-0.15, -0.1) is 10.2 Å². The number of carbonyl (C=O) groups excluding carboxylic acids is 1. The molecule has 0 radical (unpaired) electrons. The number of benzene rings is 2. The van der Waals surface area contributed by atoms with E-state index in [1.165, 1.54) is 26.4 Å². The van der Waals surface area contributed by atoms with E-state index in [2.05, 4.69) is 10.2 Å². The van der Waals surface area contributed by atoms with E-state index in [1.54, 1.807) is 4.90 Å². The molecule has 1 fully saturated rings. The summed E-state index contributed by atoms with van der Waals surface area (Å²) in [5.74, 6) is 1.52. The monoisotopic (exact) mass is 493 g/mol. The first-order valence-corrected chi connectivity index (χ1v) is 11.5. The van der Waals surface area contributed by atoms with Crippen LogP contribution in [0.2, 0.25) is 0 Å². The van der Waals surface area contributed by atoms with Crippen molar-refractivity contribution in [1.82, 2.24) is 15.1 Å². The van der Waals surface area contributed by atoms with Crippen molar-refractivity contribution in [2.24, 2.45) is 0 Å². The topological polar surface area (TPSA) is 120 Å². The van der Waals surface area contributed by atoms with Crippen molar-refractivity contribution in [1.29, 1.82) is 0 Å². The van der Waals surface area contributed by atoms with Crippen LogP contribution in [0.4, 0.5) is 11.5 Å². The minimum Gasteiger partial charge on any atom is -0.494 e. The molecule has 2 aromatic carbocycles. The lowest BCUT2D eigenvalue weighted by molar-refractivity contribution is -0.385. The zero-order valence-electron chi connectivity index (χ0n) is 20.3. The Kier molecular flexibility index (Phi) is 7.47. The molecule has 1 saturated heterocycles. The van der Waals surface area contributed by atoms with E-state index < -0.39 is 10.8 Å². The molecule has 11 nitrogen and oxygen atoms in total. The van der Waals surface area contributed by atoms with E-state index in [1.807, 2.05) is 48.2 Å². The second-order valence-electron chi connectivity index (χ2n) is 7.99. The molecule has 0 saturated carbocycles. The number of nitro groups is 1. The number of hydrogen-bond donors (Lipinski definition) is 0. The zero-order chi connectivity index (χ0) is 25.7. The van der Waals surface area contributed by atoms with Gasteiger partial charge in [0.25, 0.3) is 11.6 Å². The van der Waals surface area contributed by atoms with Gasteiger partial charge >= 0.3 is 0 Å². The van der Waals surface area contributed by atoms with Gasteiger partial charge in [-0.05, 0) is 43.3 Å². The number of amides is 1. The van der Waals surface area contributed by atoms with Crippen molar-refractivity contribution in [3.05, 3.63) is 64.2 Å². The number of rotatable bonds is 8. The van der Waals surface area contributed by atoms with E-state index in [-0.39, 0.29) is 22.7 Å². The van der Waals surface area contributed by atoms with E-state index >= 15 is 0 Å². The van der Waals surface area contributed by atoms with Crippen molar-refractivity contribution in [3.63, 3.8) is 0 Å². The molecule has 0 N–H and O–H groups in total. The molecule has 36 heavy (non-hydrogen) atoms. The summed E-state index contributed by atoms with van der Waals surface area (Å²) < 4.78 is 15.8. The lowest BCUT2D eigenvalue weighted by Crippen LogP contribution is -2.49. The van der Waals surface area contributed by atoms with E-state index in [9.17, 15) is 14.9 Å². The number of nitro benzene ring substituents is 1. The second kappa shape index (κ2) is 10.9. The summed E-state index contributed by atoms with van der Waals surface area (Å²) in [6.45, 7) is 4.35. The first-order valence-electron chi connectivity index (χ1n) is 11.5. The average Bonchev–Trinajstić information content (AvgIpc) is 2.92. The third kappa shape index (κ3) is 5.14. The van der Waals surface area contributed by atoms with Gasteiger partial charge in [-0.1, -0.05) is 0 Å². The van der Waals surface area contributed by atoms with Crippen molar-refractivity contribution in [2.75, 3.05) is 51.9 Å². The summed E-state index contributed by atoms with van der Waals surface area (Å²) in [5.41, 5.74) is 1.32. The van der Waals surface area contributed by atoms with Crippen LogP contribution in [0.1, 0.15) is 17.3 Å². The Morgan fingerprint density at radius 1 is 0.972 bits per heavy atom. The van der Waals surface area contributed by atoms with Crippen LogP contribution >= 0.6 is 0 Å². The highest BCUT2D eigenvalue weighted by Crippen LogP contribution is 2.35. The first kappa shape index (κ1) is 24.7. The summed E-state index contributed by atoms with van der Waals surface area (Å²) >= 11 is 0. The van der Waals surface area contributed by atoms with Crippen LogP contribution < -0.4 is 19.1 Å². The van der Waals surface area contributed by atoms with Gasteiger partial charge in [0.1, 0.15) is 11.3 Å². The van der Waals surface area contributed by atoms with Crippen LogP contribution in [0.25, 0.3) is 11.3 Å². The highest BCUT2D eigenvalue weighted by molar-refractivity contribution is 5.99. The molecule has 0 atom stereocenters. The molecule has 0 unspecified atom stereocenters. The summed E-state index contributed by atoms with van der Waals surface area (Å²) in [6.07, 6.45) is 0. The van der Waals surface area contributed by atoms with Crippen LogP contribution in [0.15, 0.2) is 48.5 Å². The molecular formula is C25H27N5O6. The Labute approximate surface area is 208 Å². The number of ether oxygens (including phenoxy) is 3.